The SMILES string of the molecule is CC1CCC(CNc2cc3c(cc2N)NC(=O)CC3)C1. The largest absolute Gasteiger partial charge is 0.397 e. The number of anilines is 3. The van der Waals surface area contributed by atoms with E-state index in [1.165, 1.54) is 24.8 Å². The van der Waals surface area contributed by atoms with Gasteiger partial charge in [-0.2, -0.15) is 0 Å². The molecule has 2 atom stereocenters. The van der Waals surface area contributed by atoms with E-state index < -0.39 is 0 Å². The Labute approximate surface area is 120 Å². The van der Waals surface area contributed by atoms with E-state index in [9.17, 15) is 4.79 Å². The van der Waals surface area contributed by atoms with Crippen LogP contribution < -0.4 is 16.4 Å². The van der Waals surface area contributed by atoms with Crippen molar-refractivity contribution in [3.63, 3.8) is 0 Å². The number of carbonyl (C=O) groups is 1. The van der Waals surface area contributed by atoms with Crippen LogP contribution in [0.25, 0.3) is 0 Å². The fourth-order valence-corrected chi connectivity index (χ4v) is 3.36. The minimum atomic E-state index is 0.0811. The molecule has 4 heteroatoms. The number of nitrogens with one attached hydrogen (secondary N) is 2. The minimum absolute atomic E-state index is 0.0811. The Morgan fingerprint density at radius 1 is 1.35 bits per heavy atom. The summed E-state index contributed by atoms with van der Waals surface area (Å²) in [5, 5.41) is 6.38. The van der Waals surface area contributed by atoms with Crippen molar-refractivity contribution in [3.05, 3.63) is 17.7 Å². The third kappa shape index (κ3) is 2.74. The maximum Gasteiger partial charge on any atom is 0.224 e. The fourth-order valence-electron chi connectivity index (χ4n) is 3.36. The number of nitrogen functional groups attached to an aromatic ring is 1. The average molecular weight is 273 g/mol. The maximum atomic E-state index is 11.4. The lowest BCUT2D eigenvalue weighted by Crippen LogP contribution is -2.20. The lowest BCUT2D eigenvalue weighted by atomic mass is 10.0. The smallest absolute Gasteiger partial charge is 0.224 e. The minimum Gasteiger partial charge on any atom is -0.397 e. The van der Waals surface area contributed by atoms with Crippen molar-refractivity contribution in [1.82, 2.24) is 0 Å². The maximum absolute atomic E-state index is 11.4. The molecule has 0 radical (unpaired) electrons. The summed E-state index contributed by atoms with van der Waals surface area (Å²) in [5.74, 6) is 1.70. The van der Waals surface area contributed by atoms with Crippen LogP contribution >= 0.6 is 0 Å². The van der Waals surface area contributed by atoms with Crippen LogP contribution in [-0.2, 0) is 11.2 Å². The van der Waals surface area contributed by atoms with Gasteiger partial charge < -0.3 is 16.4 Å². The lowest BCUT2D eigenvalue weighted by Gasteiger charge is -2.20. The van der Waals surface area contributed by atoms with Gasteiger partial charge in [-0.3, -0.25) is 4.79 Å². The highest BCUT2D eigenvalue weighted by atomic mass is 16.1. The van der Waals surface area contributed by atoms with Gasteiger partial charge >= 0.3 is 0 Å². The normalized spacial score (nSPS) is 25.1. The predicted octanol–water partition coefficient (Wildman–Crippen LogP) is 3.00. The Morgan fingerprint density at radius 3 is 2.95 bits per heavy atom. The molecule has 1 amide bonds. The number of amides is 1. The molecule has 1 aromatic rings. The van der Waals surface area contributed by atoms with Crippen LogP contribution in [0.2, 0.25) is 0 Å². The van der Waals surface area contributed by atoms with Crippen molar-refractivity contribution in [2.24, 2.45) is 11.8 Å². The molecule has 1 aliphatic heterocycles. The summed E-state index contributed by atoms with van der Waals surface area (Å²) in [5.41, 5.74) is 9.88. The Balaban J connectivity index is 1.69. The molecule has 0 spiro atoms. The van der Waals surface area contributed by atoms with Crippen molar-refractivity contribution in [1.29, 1.82) is 0 Å². The molecule has 4 nitrogen and oxygen atoms in total. The van der Waals surface area contributed by atoms with Gasteiger partial charge in [-0.1, -0.05) is 13.3 Å². The molecule has 2 unspecified atom stereocenters. The van der Waals surface area contributed by atoms with Crippen molar-refractivity contribution in [2.75, 3.05) is 22.9 Å². The summed E-state index contributed by atoms with van der Waals surface area (Å²) < 4.78 is 0. The number of benzene rings is 1. The van der Waals surface area contributed by atoms with E-state index in [-0.39, 0.29) is 5.91 Å². The van der Waals surface area contributed by atoms with Crippen LogP contribution in [0, 0.1) is 11.8 Å². The monoisotopic (exact) mass is 273 g/mol. The Hall–Kier alpha value is -1.71. The number of nitrogens with two attached hydrogens (primary N) is 1. The molecule has 4 N–H and O–H groups in total. The number of aryl methyl sites for hydroxylation is 1. The van der Waals surface area contributed by atoms with Crippen molar-refractivity contribution < 1.29 is 4.79 Å². The Morgan fingerprint density at radius 2 is 2.20 bits per heavy atom. The molecule has 0 bridgehead atoms. The number of hydrogen-bond donors (Lipinski definition) is 3. The first-order valence-electron chi connectivity index (χ1n) is 7.58. The first-order chi connectivity index (χ1) is 9.61. The van der Waals surface area contributed by atoms with E-state index >= 15 is 0 Å². The van der Waals surface area contributed by atoms with Gasteiger partial charge in [0.05, 0.1) is 11.4 Å². The molecule has 2 aliphatic rings. The van der Waals surface area contributed by atoms with Crippen LogP contribution in [0.5, 0.6) is 0 Å². The van der Waals surface area contributed by atoms with Crippen LogP contribution in [0.1, 0.15) is 38.2 Å². The van der Waals surface area contributed by atoms with Crippen molar-refractivity contribution in [3.8, 4) is 0 Å². The van der Waals surface area contributed by atoms with Crippen LogP contribution in [0.15, 0.2) is 12.1 Å². The molecule has 1 saturated carbocycles. The quantitative estimate of drug-likeness (QED) is 0.742. The number of fused-ring (bicyclic) bond motifs is 1. The van der Waals surface area contributed by atoms with E-state index in [1.54, 1.807) is 0 Å². The number of rotatable bonds is 3. The van der Waals surface area contributed by atoms with E-state index in [4.69, 9.17) is 5.73 Å². The van der Waals surface area contributed by atoms with Gasteiger partial charge in [0, 0.05) is 18.7 Å². The zero-order valence-corrected chi connectivity index (χ0v) is 12.0. The number of hydrogen-bond acceptors (Lipinski definition) is 3. The van der Waals surface area contributed by atoms with E-state index in [0.29, 0.717) is 6.42 Å². The molecule has 20 heavy (non-hydrogen) atoms. The van der Waals surface area contributed by atoms with Gasteiger partial charge in [0.1, 0.15) is 0 Å². The lowest BCUT2D eigenvalue weighted by molar-refractivity contribution is -0.116. The van der Waals surface area contributed by atoms with Crippen LogP contribution in [-0.4, -0.2) is 12.5 Å². The average Bonchev–Trinajstić information content (AvgIpc) is 2.82. The Kier molecular flexibility index (Phi) is 3.55. The molecule has 0 saturated heterocycles. The van der Waals surface area contributed by atoms with Crippen molar-refractivity contribution in [2.45, 2.75) is 39.0 Å². The van der Waals surface area contributed by atoms with E-state index in [1.807, 2.05) is 6.07 Å². The highest BCUT2D eigenvalue weighted by Crippen LogP contribution is 2.33. The van der Waals surface area contributed by atoms with E-state index in [0.717, 1.165) is 41.9 Å². The molecular weight excluding hydrogens is 250 g/mol. The molecule has 1 aromatic carbocycles. The molecular formula is C16H23N3O. The highest BCUT2D eigenvalue weighted by molar-refractivity contribution is 5.95. The summed E-state index contributed by atoms with van der Waals surface area (Å²) in [6.45, 7) is 3.33. The second-order valence-corrected chi connectivity index (χ2v) is 6.31. The highest BCUT2D eigenvalue weighted by Gasteiger charge is 2.21. The zero-order chi connectivity index (χ0) is 14.1. The first kappa shape index (κ1) is 13.3. The summed E-state index contributed by atoms with van der Waals surface area (Å²) in [4.78, 5) is 11.4. The van der Waals surface area contributed by atoms with Gasteiger partial charge in [-0.15, -0.1) is 0 Å². The molecule has 1 heterocycles. The fraction of sp³-hybridized carbons (Fsp3) is 0.562. The van der Waals surface area contributed by atoms with Crippen molar-refractivity contribution >= 4 is 23.0 Å². The second-order valence-electron chi connectivity index (χ2n) is 6.31. The topological polar surface area (TPSA) is 67.2 Å². The molecule has 1 fully saturated rings. The zero-order valence-electron chi connectivity index (χ0n) is 12.0. The molecule has 1 aliphatic carbocycles. The van der Waals surface area contributed by atoms with Gasteiger partial charge in [-0.05, 0) is 48.8 Å². The third-order valence-corrected chi connectivity index (χ3v) is 4.56. The van der Waals surface area contributed by atoms with Gasteiger partial charge in [0.25, 0.3) is 0 Å². The standard InChI is InChI=1S/C16H23N3O/c1-10-2-3-11(6-10)9-18-15-7-12-4-5-16(20)19-14(12)8-13(15)17/h7-8,10-11,18H,2-6,9,17H2,1H3,(H,19,20). The van der Waals surface area contributed by atoms with Crippen LogP contribution in [0.3, 0.4) is 0 Å². The van der Waals surface area contributed by atoms with Gasteiger partial charge in [0.15, 0.2) is 0 Å². The number of carbonyl (C=O) groups excluding carboxylic acids is 1. The summed E-state index contributed by atoms with van der Waals surface area (Å²) in [6.07, 6.45) is 5.34. The van der Waals surface area contributed by atoms with Gasteiger partial charge in [-0.25, -0.2) is 0 Å². The van der Waals surface area contributed by atoms with Crippen LogP contribution in [0.4, 0.5) is 17.1 Å². The first-order valence-corrected chi connectivity index (χ1v) is 7.58. The van der Waals surface area contributed by atoms with E-state index in [2.05, 4.69) is 23.6 Å². The summed E-state index contributed by atoms with van der Waals surface area (Å²) >= 11 is 0. The van der Waals surface area contributed by atoms with Gasteiger partial charge in [0.2, 0.25) is 5.91 Å². The Bertz CT molecular complexity index is 527. The predicted molar refractivity (Wildman–Crippen MR) is 82.8 cm³/mol. The second kappa shape index (κ2) is 5.35. The molecule has 108 valence electrons. The molecule has 3 rings (SSSR count). The summed E-state index contributed by atoms with van der Waals surface area (Å²) in [7, 11) is 0. The molecule has 0 aromatic heterocycles. The summed E-state index contributed by atoms with van der Waals surface area (Å²) in [6, 6.07) is 3.98. The third-order valence-electron chi connectivity index (χ3n) is 4.56.